The van der Waals surface area contributed by atoms with Crippen molar-refractivity contribution >= 4 is 33.1 Å². The van der Waals surface area contributed by atoms with Crippen LogP contribution in [0.3, 0.4) is 0 Å². The zero-order chi connectivity index (χ0) is 10.2. The molecular weight excluding hydrogens is 279 g/mol. The quantitative estimate of drug-likeness (QED) is 0.753. The first-order chi connectivity index (χ1) is 6.57. The Morgan fingerprint density at radius 3 is 2.29 bits per heavy atom. The van der Waals surface area contributed by atoms with E-state index in [1.165, 1.54) is 3.71 Å². The third-order valence-electron chi connectivity index (χ3n) is 2.22. The van der Waals surface area contributed by atoms with Crippen LogP contribution in [-0.4, -0.2) is 28.3 Å². The summed E-state index contributed by atoms with van der Waals surface area (Å²) in [6.45, 7) is 0. The fourth-order valence-electron chi connectivity index (χ4n) is 1.32. The molecule has 14 heavy (non-hydrogen) atoms. The molecule has 2 nitrogen and oxygen atoms in total. The van der Waals surface area contributed by atoms with Crippen LogP contribution >= 0.6 is 0 Å². The van der Waals surface area contributed by atoms with Gasteiger partial charge in [0.15, 0.2) is 0 Å². The van der Waals surface area contributed by atoms with Crippen LogP contribution in [0.4, 0.5) is 0 Å². The summed E-state index contributed by atoms with van der Waals surface area (Å²) in [5.41, 5.74) is 2.02. The topological polar surface area (TPSA) is 25.8 Å². The maximum atomic E-state index is 4.68. The SMILES string of the molecule is [CH3][Sn]([CH3])([CH3])[c]1cnc2ccccc2n1. The van der Waals surface area contributed by atoms with Crippen molar-refractivity contribution in [3.05, 3.63) is 30.5 Å². The molecule has 0 N–H and O–H groups in total. The Morgan fingerprint density at radius 2 is 1.64 bits per heavy atom. The van der Waals surface area contributed by atoms with Crippen LogP contribution in [-0.2, 0) is 0 Å². The predicted octanol–water partition coefficient (Wildman–Crippen LogP) is 2.17. The molecule has 2 aromatic rings. The van der Waals surface area contributed by atoms with Gasteiger partial charge in [-0.1, -0.05) is 0 Å². The maximum absolute atomic E-state index is 4.68. The van der Waals surface area contributed by atoms with E-state index in [4.69, 9.17) is 0 Å². The van der Waals surface area contributed by atoms with E-state index in [9.17, 15) is 0 Å². The first-order valence-electron chi connectivity index (χ1n) is 4.80. The number of para-hydroxylation sites is 2. The van der Waals surface area contributed by atoms with E-state index < -0.39 is 18.4 Å². The fraction of sp³-hybridized carbons (Fsp3) is 0.273. The molecule has 2 rings (SSSR count). The molecule has 0 atom stereocenters. The van der Waals surface area contributed by atoms with E-state index in [0.717, 1.165) is 11.0 Å². The van der Waals surface area contributed by atoms with Gasteiger partial charge in [0.1, 0.15) is 0 Å². The molecule has 0 radical (unpaired) electrons. The number of hydrogen-bond acceptors (Lipinski definition) is 2. The Kier molecular flexibility index (Phi) is 2.47. The van der Waals surface area contributed by atoms with Crippen molar-refractivity contribution in [3.63, 3.8) is 0 Å². The third kappa shape index (κ3) is 1.90. The average molecular weight is 293 g/mol. The van der Waals surface area contributed by atoms with Gasteiger partial charge in [-0.2, -0.15) is 0 Å². The minimum absolute atomic E-state index is 0.992. The van der Waals surface area contributed by atoms with E-state index in [1.807, 2.05) is 30.5 Å². The fourth-order valence-corrected chi connectivity index (χ4v) is 3.91. The van der Waals surface area contributed by atoms with Crippen LogP contribution in [0.5, 0.6) is 0 Å². The molecule has 0 aliphatic rings. The van der Waals surface area contributed by atoms with Gasteiger partial charge in [0.2, 0.25) is 0 Å². The molecule has 1 aromatic heterocycles. The van der Waals surface area contributed by atoms with Gasteiger partial charge >= 0.3 is 88.4 Å². The molecule has 0 fully saturated rings. The molecule has 0 spiro atoms. The van der Waals surface area contributed by atoms with E-state index in [1.54, 1.807) is 0 Å². The molecule has 1 aromatic carbocycles. The Bertz CT molecular complexity index is 460. The van der Waals surface area contributed by atoms with Gasteiger partial charge in [-0.3, -0.25) is 0 Å². The summed E-state index contributed by atoms with van der Waals surface area (Å²) in [6.07, 6.45) is 1.96. The summed E-state index contributed by atoms with van der Waals surface area (Å²) in [5.74, 6) is 0. The van der Waals surface area contributed by atoms with Crippen molar-refractivity contribution in [2.45, 2.75) is 14.8 Å². The van der Waals surface area contributed by atoms with Crippen molar-refractivity contribution < 1.29 is 0 Å². The zero-order valence-corrected chi connectivity index (χ0v) is 11.6. The Hall–Kier alpha value is -0.641. The van der Waals surface area contributed by atoms with Gasteiger partial charge in [0.05, 0.1) is 0 Å². The van der Waals surface area contributed by atoms with Gasteiger partial charge in [0, 0.05) is 0 Å². The summed E-state index contributed by atoms with van der Waals surface area (Å²) in [5, 5.41) is 0. The van der Waals surface area contributed by atoms with Crippen molar-refractivity contribution in [2.75, 3.05) is 0 Å². The summed E-state index contributed by atoms with van der Waals surface area (Å²) in [4.78, 5) is 16.2. The molecule has 1 heterocycles. The van der Waals surface area contributed by atoms with Crippen molar-refractivity contribution in [1.82, 2.24) is 9.97 Å². The average Bonchev–Trinajstić information content (AvgIpc) is 2.16. The van der Waals surface area contributed by atoms with Gasteiger partial charge in [-0.25, -0.2) is 0 Å². The van der Waals surface area contributed by atoms with Gasteiger partial charge in [0.25, 0.3) is 0 Å². The molecule has 0 saturated heterocycles. The number of aromatic nitrogens is 2. The first-order valence-corrected chi connectivity index (χ1v) is 14.8. The summed E-state index contributed by atoms with van der Waals surface area (Å²) >= 11 is -2.04. The van der Waals surface area contributed by atoms with Crippen LogP contribution in [0.25, 0.3) is 11.0 Å². The minimum atomic E-state index is -2.04. The molecular formula is C11H14N2Sn. The van der Waals surface area contributed by atoms with E-state index in [0.29, 0.717) is 0 Å². The van der Waals surface area contributed by atoms with E-state index in [-0.39, 0.29) is 0 Å². The second-order valence-corrected chi connectivity index (χ2v) is 18.8. The first kappa shape index (κ1) is 9.90. The Balaban J connectivity index is 2.63. The zero-order valence-electron chi connectivity index (χ0n) is 8.78. The molecule has 0 aliphatic carbocycles. The number of benzene rings is 1. The molecule has 0 unspecified atom stereocenters. The van der Waals surface area contributed by atoms with Crippen molar-refractivity contribution in [1.29, 1.82) is 0 Å². The predicted molar refractivity (Wildman–Crippen MR) is 62.5 cm³/mol. The Labute approximate surface area is 88.3 Å². The van der Waals surface area contributed by atoms with Crippen LogP contribution in [0.2, 0.25) is 14.8 Å². The normalized spacial score (nSPS) is 11.9. The molecule has 72 valence electrons. The summed E-state index contributed by atoms with van der Waals surface area (Å²) in [7, 11) is 0. The van der Waals surface area contributed by atoms with Crippen molar-refractivity contribution in [2.24, 2.45) is 0 Å². The third-order valence-corrected chi connectivity index (χ3v) is 7.29. The van der Waals surface area contributed by atoms with Crippen LogP contribution < -0.4 is 3.71 Å². The van der Waals surface area contributed by atoms with Crippen LogP contribution in [0, 0.1) is 0 Å². The molecule has 0 saturated carbocycles. The molecule has 0 bridgehead atoms. The van der Waals surface area contributed by atoms with Gasteiger partial charge < -0.3 is 0 Å². The molecule has 3 heteroatoms. The summed E-state index contributed by atoms with van der Waals surface area (Å²) < 4.78 is 1.25. The number of rotatable bonds is 1. The second-order valence-electron chi connectivity index (χ2n) is 4.49. The van der Waals surface area contributed by atoms with Crippen LogP contribution in [0.15, 0.2) is 30.5 Å². The standard InChI is InChI=1S/C8H5N2.3CH3.Sn/c1-2-4-8-7(3-1)9-5-6-10-8;;;;/h1-5H;3*1H3;. The van der Waals surface area contributed by atoms with Crippen molar-refractivity contribution in [3.8, 4) is 0 Å². The number of hydrogen-bond donors (Lipinski definition) is 0. The number of nitrogens with zero attached hydrogens (tertiary/aromatic N) is 2. The van der Waals surface area contributed by atoms with Gasteiger partial charge in [-0.05, 0) is 0 Å². The number of fused-ring (bicyclic) bond motifs is 1. The van der Waals surface area contributed by atoms with E-state index >= 15 is 0 Å². The van der Waals surface area contributed by atoms with E-state index in [2.05, 4.69) is 24.8 Å². The monoisotopic (exact) mass is 294 g/mol. The Morgan fingerprint density at radius 1 is 1.00 bits per heavy atom. The summed E-state index contributed by atoms with van der Waals surface area (Å²) in [6, 6.07) is 8.05. The molecule has 0 aliphatic heterocycles. The van der Waals surface area contributed by atoms with Gasteiger partial charge in [-0.15, -0.1) is 0 Å². The van der Waals surface area contributed by atoms with Crippen LogP contribution in [0.1, 0.15) is 0 Å². The molecule has 0 amide bonds. The second kappa shape index (κ2) is 3.50.